The number of fused-ring (bicyclic) bond motifs is 2. The van der Waals surface area contributed by atoms with E-state index >= 15 is 0 Å². The standard InChI is InChI=1S/C20H30O4.Ac/c1-13-7-5-8-14(2)11-17(21)16-12-18(24-19(22)15(16)3)20(4,23)10-6-9-13;/h8-9,16-18,21,23H,3,5-7,10-12H2,1-2,4H3;/b13-9+,14-8+;. The summed E-state index contributed by atoms with van der Waals surface area (Å²) in [6, 6.07) is 0. The summed E-state index contributed by atoms with van der Waals surface area (Å²) in [6.45, 7) is 9.62. The van der Waals surface area contributed by atoms with E-state index in [2.05, 4.69) is 25.7 Å². The van der Waals surface area contributed by atoms with E-state index < -0.39 is 23.8 Å². The van der Waals surface area contributed by atoms with Crippen LogP contribution < -0.4 is 0 Å². The molecular formula is C20H30AcO4. The number of aliphatic hydroxyl groups excluding tert-OH is 1. The van der Waals surface area contributed by atoms with E-state index in [9.17, 15) is 15.0 Å². The Labute approximate surface area is 187 Å². The van der Waals surface area contributed by atoms with E-state index in [0.29, 0.717) is 24.8 Å². The summed E-state index contributed by atoms with van der Waals surface area (Å²) in [5, 5.41) is 21.4. The summed E-state index contributed by atoms with van der Waals surface area (Å²) < 4.78 is 5.41. The number of esters is 1. The van der Waals surface area contributed by atoms with Crippen molar-refractivity contribution in [3.05, 3.63) is 35.5 Å². The molecule has 4 atom stereocenters. The summed E-state index contributed by atoms with van der Waals surface area (Å²) in [5.74, 6) is -0.873. The fourth-order valence-electron chi connectivity index (χ4n) is 3.52. The third-order valence-corrected chi connectivity index (χ3v) is 5.29. The Balaban J connectivity index is 0.00000312. The molecule has 0 aromatic rings. The van der Waals surface area contributed by atoms with Crippen LogP contribution in [0.15, 0.2) is 35.5 Å². The SMILES string of the molecule is C=C1C(=O)OC2CC1C(O)C/C(C)=C/CC/C(C)=C/CCC2(C)O.[Ac]. The molecule has 4 unspecified atom stereocenters. The maximum absolute atomic E-state index is 12.1. The molecule has 1 aliphatic carbocycles. The fourth-order valence-corrected chi connectivity index (χ4v) is 3.52. The topological polar surface area (TPSA) is 66.8 Å². The molecule has 1 heterocycles. The van der Waals surface area contributed by atoms with Gasteiger partial charge in [0.05, 0.1) is 11.7 Å². The Morgan fingerprint density at radius 2 is 1.88 bits per heavy atom. The molecule has 2 aliphatic rings. The monoisotopic (exact) mass is 561 g/mol. The van der Waals surface area contributed by atoms with Gasteiger partial charge in [0, 0.05) is 55.6 Å². The van der Waals surface area contributed by atoms with E-state index in [4.69, 9.17) is 4.74 Å². The van der Waals surface area contributed by atoms with Crippen LogP contribution in [0.2, 0.25) is 0 Å². The van der Waals surface area contributed by atoms with Gasteiger partial charge >= 0.3 is 5.97 Å². The first-order chi connectivity index (χ1) is 11.2. The molecule has 2 N–H and O–H groups in total. The molecule has 0 aromatic carbocycles. The van der Waals surface area contributed by atoms with E-state index in [1.165, 1.54) is 5.57 Å². The Bertz CT molecular complexity index is 562. The summed E-state index contributed by atoms with van der Waals surface area (Å²) >= 11 is 0. The molecule has 1 radical (unpaired) electrons. The molecule has 4 nitrogen and oxygen atoms in total. The molecule has 1 saturated heterocycles. The summed E-state index contributed by atoms with van der Waals surface area (Å²) in [5.41, 5.74) is 1.60. The summed E-state index contributed by atoms with van der Waals surface area (Å²) in [7, 11) is 0. The predicted octanol–water partition coefficient (Wildman–Crippen LogP) is 3.44. The van der Waals surface area contributed by atoms with Gasteiger partial charge in [-0.2, -0.15) is 0 Å². The quantitative estimate of drug-likeness (QED) is 0.270. The van der Waals surface area contributed by atoms with Crippen LogP contribution in [0.25, 0.3) is 0 Å². The zero-order chi connectivity index (χ0) is 17.9. The van der Waals surface area contributed by atoms with Gasteiger partial charge in [-0.05, 0) is 59.3 Å². The first kappa shape index (κ1) is 23.1. The predicted molar refractivity (Wildman–Crippen MR) is 94.4 cm³/mol. The number of rotatable bonds is 0. The van der Waals surface area contributed by atoms with Gasteiger partial charge in [0.25, 0.3) is 0 Å². The first-order valence-corrected chi connectivity index (χ1v) is 8.82. The maximum atomic E-state index is 12.1. The second-order valence-electron chi connectivity index (χ2n) is 7.57. The molecule has 1 aliphatic heterocycles. The molecule has 5 heteroatoms. The van der Waals surface area contributed by atoms with Crippen LogP contribution in [0, 0.1) is 50.0 Å². The van der Waals surface area contributed by atoms with Gasteiger partial charge < -0.3 is 14.9 Å². The second-order valence-corrected chi connectivity index (χ2v) is 7.57. The average molecular weight is 561 g/mol. The maximum Gasteiger partial charge on any atom is 0.334 e. The van der Waals surface area contributed by atoms with E-state index in [1.807, 2.05) is 6.92 Å². The Morgan fingerprint density at radius 1 is 1.24 bits per heavy atom. The zero-order valence-corrected chi connectivity index (χ0v) is 20.4. The Kier molecular flexibility index (Phi) is 9.08. The van der Waals surface area contributed by atoms with Gasteiger partial charge in [-0.25, -0.2) is 4.79 Å². The number of ether oxygens (including phenoxy) is 1. The minimum absolute atomic E-state index is 0. The van der Waals surface area contributed by atoms with Gasteiger partial charge in [0.15, 0.2) is 0 Å². The summed E-state index contributed by atoms with van der Waals surface area (Å²) in [4.78, 5) is 12.1. The third kappa shape index (κ3) is 6.31. The molecule has 25 heavy (non-hydrogen) atoms. The van der Waals surface area contributed by atoms with Crippen LogP contribution in [-0.4, -0.2) is 34.0 Å². The van der Waals surface area contributed by atoms with Crippen molar-refractivity contribution in [3.63, 3.8) is 0 Å². The van der Waals surface area contributed by atoms with Crippen LogP contribution in [0.3, 0.4) is 0 Å². The van der Waals surface area contributed by atoms with E-state index in [0.717, 1.165) is 24.8 Å². The van der Waals surface area contributed by atoms with Gasteiger partial charge in [0.1, 0.15) is 6.10 Å². The molecule has 0 aromatic heterocycles. The molecule has 0 spiro atoms. The molecule has 0 saturated carbocycles. The van der Waals surface area contributed by atoms with Crippen LogP contribution >= 0.6 is 0 Å². The molecule has 0 amide bonds. The zero-order valence-electron chi connectivity index (χ0n) is 15.6. The van der Waals surface area contributed by atoms with Crippen molar-refractivity contribution in [1.82, 2.24) is 0 Å². The minimum atomic E-state index is -1.11. The minimum Gasteiger partial charge on any atom is -0.456 e. The fraction of sp³-hybridized carbons (Fsp3) is 0.650. The van der Waals surface area contributed by atoms with E-state index in [1.54, 1.807) is 6.92 Å². The van der Waals surface area contributed by atoms with Crippen molar-refractivity contribution >= 4 is 5.97 Å². The van der Waals surface area contributed by atoms with Crippen molar-refractivity contribution in [2.24, 2.45) is 5.92 Å². The van der Waals surface area contributed by atoms with Crippen molar-refractivity contribution < 1.29 is 63.8 Å². The van der Waals surface area contributed by atoms with Crippen molar-refractivity contribution in [2.45, 2.75) is 77.1 Å². The number of allylic oxidation sites excluding steroid dienone is 3. The number of hydrogen-bond donors (Lipinski definition) is 2. The smallest absolute Gasteiger partial charge is 0.334 e. The molecule has 2 bridgehead atoms. The Hall–Kier alpha value is 0.0516. The summed E-state index contributed by atoms with van der Waals surface area (Å²) in [6.07, 6.45) is 7.11. The van der Waals surface area contributed by atoms with Crippen LogP contribution in [0.5, 0.6) is 0 Å². The van der Waals surface area contributed by atoms with Crippen molar-refractivity contribution in [1.29, 1.82) is 0 Å². The van der Waals surface area contributed by atoms with E-state index in [-0.39, 0.29) is 50.0 Å². The average Bonchev–Trinajstić information content (AvgIpc) is 2.48. The molecule has 137 valence electrons. The van der Waals surface area contributed by atoms with Gasteiger partial charge in [-0.3, -0.25) is 0 Å². The normalized spacial score (nSPS) is 39.0. The second kappa shape index (κ2) is 9.83. The molecule has 2 rings (SSSR count). The number of carbonyl (C=O) groups excluding carboxylic acids is 1. The Morgan fingerprint density at radius 3 is 2.56 bits per heavy atom. The van der Waals surface area contributed by atoms with Crippen molar-refractivity contribution in [3.8, 4) is 0 Å². The van der Waals surface area contributed by atoms with Crippen LogP contribution in [0.4, 0.5) is 0 Å². The number of carbonyl (C=O) groups is 1. The van der Waals surface area contributed by atoms with Gasteiger partial charge in [-0.1, -0.05) is 29.9 Å². The molecule has 1 fully saturated rings. The largest absolute Gasteiger partial charge is 0.456 e. The van der Waals surface area contributed by atoms with Crippen molar-refractivity contribution in [2.75, 3.05) is 0 Å². The van der Waals surface area contributed by atoms with Gasteiger partial charge in [0.2, 0.25) is 0 Å². The van der Waals surface area contributed by atoms with Crippen LogP contribution in [0.1, 0.15) is 59.3 Å². The first-order valence-electron chi connectivity index (χ1n) is 8.82. The van der Waals surface area contributed by atoms with Gasteiger partial charge in [-0.15, -0.1) is 0 Å². The molecular weight excluding hydrogens is 531 g/mol. The number of hydrogen-bond acceptors (Lipinski definition) is 4. The van der Waals surface area contributed by atoms with Crippen LogP contribution in [-0.2, 0) is 9.53 Å². The third-order valence-electron chi connectivity index (χ3n) is 5.29. The number of aliphatic hydroxyl groups is 2.